The molecule has 0 atom stereocenters. The van der Waals surface area contributed by atoms with Crippen LogP contribution in [0, 0.1) is 0 Å². The van der Waals surface area contributed by atoms with Crippen LogP contribution >= 0.6 is 15.9 Å². The number of Topliss-reactive ketones (excluding diaryl/α,β-unsaturated/α-hetero) is 1. The van der Waals surface area contributed by atoms with Crippen molar-refractivity contribution in [3.63, 3.8) is 0 Å². The van der Waals surface area contributed by atoms with Gasteiger partial charge in [-0.05, 0) is 25.0 Å². The largest absolute Gasteiger partial charge is 0.319 e. The maximum absolute atomic E-state index is 11.7. The molecule has 0 amide bonds. The number of ketones is 1. The predicted octanol–water partition coefficient (Wildman–Crippen LogP) is 2.12. The average Bonchev–Trinajstić information content (AvgIpc) is 2.84. The summed E-state index contributed by atoms with van der Waals surface area (Å²) in [5.41, 5.74) is 5.96. The molecule has 1 aromatic carbocycles. The molecule has 1 aliphatic rings. The third-order valence-electron chi connectivity index (χ3n) is 2.33. The summed E-state index contributed by atoms with van der Waals surface area (Å²) >= 11 is 3.32. The summed E-state index contributed by atoms with van der Waals surface area (Å²) in [5, 5.41) is 0. The number of nitrogens with two attached hydrogens (primary N) is 1. The zero-order valence-corrected chi connectivity index (χ0v) is 8.67. The lowest BCUT2D eigenvalue weighted by molar-refractivity contribution is 0.0949. The van der Waals surface area contributed by atoms with Gasteiger partial charge in [-0.2, -0.15) is 0 Å². The molecule has 0 saturated heterocycles. The normalized spacial score (nSPS) is 18.3. The van der Waals surface area contributed by atoms with Crippen LogP contribution in [-0.4, -0.2) is 11.3 Å². The van der Waals surface area contributed by atoms with E-state index in [1.165, 1.54) is 0 Å². The van der Waals surface area contributed by atoms with Crippen LogP contribution in [0.25, 0.3) is 0 Å². The highest BCUT2D eigenvalue weighted by atomic mass is 79.9. The minimum atomic E-state index is -0.555. The Kier molecular flexibility index (Phi) is 2.00. The SMILES string of the molecule is NC1(C(=O)c2cccc(Br)c2)CC1. The summed E-state index contributed by atoms with van der Waals surface area (Å²) in [4.78, 5) is 11.7. The molecular formula is C10H10BrNO. The van der Waals surface area contributed by atoms with Crippen molar-refractivity contribution in [3.8, 4) is 0 Å². The van der Waals surface area contributed by atoms with Gasteiger partial charge in [0.05, 0.1) is 5.54 Å². The molecule has 13 heavy (non-hydrogen) atoms. The first-order valence-corrected chi connectivity index (χ1v) is 5.00. The van der Waals surface area contributed by atoms with Gasteiger partial charge in [0.1, 0.15) is 0 Å². The van der Waals surface area contributed by atoms with E-state index in [9.17, 15) is 4.79 Å². The molecule has 0 aliphatic heterocycles. The monoisotopic (exact) mass is 239 g/mol. The Hall–Kier alpha value is -0.670. The molecule has 1 aliphatic carbocycles. The van der Waals surface area contributed by atoms with Crippen molar-refractivity contribution in [1.29, 1.82) is 0 Å². The van der Waals surface area contributed by atoms with Crippen molar-refractivity contribution >= 4 is 21.7 Å². The Morgan fingerprint density at radius 1 is 1.46 bits per heavy atom. The van der Waals surface area contributed by atoms with Crippen LogP contribution in [0.1, 0.15) is 23.2 Å². The van der Waals surface area contributed by atoms with Gasteiger partial charge in [0.15, 0.2) is 5.78 Å². The lowest BCUT2D eigenvalue weighted by Gasteiger charge is -2.06. The highest BCUT2D eigenvalue weighted by molar-refractivity contribution is 9.10. The minimum Gasteiger partial charge on any atom is -0.319 e. The third-order valence-corrected chi connectivity index (χ3v) is 2.82. The van der Waals surface area contributed by atoms with Crippen LogP contribution in [-0.2, 0) is 0 Å². The van der Waals surface area contributed by atoms with Crippen molar-refractivity contribution in [3.05, 3.63) is 34.3 Å². The van der Waals surface area contributed by atoms with Gasteiger partial charge in [-0.15, -0.1) is 0 Å². The molecule has 2 rings (SSSR count). The highest BCUT2D eigenvalue weighted by Crippen LogP contribution is 2.35. The Bertz CT molecular complexity index is 358. The first kappa shape index (κ1) is 8.91. The summed E-state index contributed by atoms with van der Waals surface area (Å²) in [6.07, 6.45) is 1.64. The molecule has 0 spiro atoms. The van der Waals surface area contributed by atoms with Crippen molar-refractivity contribution in [1.82, 2.24) is 0 Å². The van der Waals surface area contributed by atoms with Crippen LogP contribution in [0.5, 0.6) is 0 Å². The van der Waals surface area contributed by atoms with Gasteiger partial charge in [0.2, 0.25) is 0 Å². The Morgan fingerprint density at radius 3 is 2.69 bits per heavy atom. The molecule has 3 heteroatoms. The molecule has 1 aromatic rings. The summed E-state index contributed by atoms with van der Waals surface area (Å²) in [6.45, 7) is 0. The van der Waals surface area contributed by atoms with E-state index in [1.807, 2.05) is 18.2 Å². The number of hydrogen-bond acceptors (Lipinski definition) is 2. The summed E-state index contributed by atoms with van der Waals surface area (Å²) in [7, 11) is 0. The molecule has 68 valence electrons. The molecule has 1 saturated carbocycles. The highest BCUT2D eigenvalue weighted by Gasteiger charge is 2.45. The molecule has 0 aromatic heterocycles. The first-order valence-electron chi connectivity index (χ1n) is 4.21. The zero-order valence-electron chi connectivity index (χ0n) is 7.09. The van der Waals surface area contributed by atoms with Gasteiger partial charge in [-0.25, -0.2) is 0 Å². The number of halogens is 1. The second-order valence-corrected chi connectivity index (χ2v) is 4.41. The van der Waals surface area contributed by atoms with E-state index in [0.29, 0.717) is 5.56 Å². The van der Waals surface area contributed by atoms with Gasteiger partial charge >= 0.3 is 0 Å². The Balaban J connectivity index is 2.30. The third kappa shape index (κ3) is 1.67. The van der Waals surface area contributed by atoms with E-state index in [0.717, 1.165) is 17.3 Å². The average molecular weight is 240 g/mol. The molecule has 2 N–H and O–H groups in total. The fourth-order valence-electron chi connectivity index (χ4n) is 1.28. The van der Waals surface area contributed by atoms with Crippen molar-refractivity contribution < 1.29 is 4.79 Å². The number of carbonyl (C=O) groups is 1. The molecule has 0 unspecified atom stereocenters. The maximum atomic E-state index is 11.7. The lowest BCUT2D eigenvalue weighted by Crippen LogP contribution is -2.32. The molecule has 0 radical (unpaired) electrons. The van der Waals surface area contributed by atoms with Crippen LogP contribution < -0.4 is 5.73 Å². The fraction of sp³-hybridized carbons (Fsp3) is 0.300. The van der Waals surface area contributed by atoms with Crippen molar-refractivity contribution in [2.45, 2.75) is 18.4 Å². The van der Waals surface area contributed by atoms with E-state index < -0.39 is 5.54 Å². The fourth-order valence-corrected chi connectivity index (χ4v) is 1.68. The van der Waals surface area contributed by atoms with Gasteiger partial charge in [-0.3, -0.25) is 4.79 Å². The van der Waals surface area contributed by atoms with E-state index in [2.05, 4.69) is 15.9 Å². The van der Waals surface area contributed by atoms with Gasteiger partial charge < -0.3 is 5.73 Å². The smallest absolute Gasteiger partial charge is 0.182 e. The van der Waals surface area contributed by atoms with Crippen LogP contribution in [0.15, 0.2) is 28.7 Å². The number of rotatable bonds is 2. The lowest BCUT2D eigenvalue weighted by atomic mass is 10.0. The molecule has 1 fully saturated rings. The first-order chi connectivity index (χ1) is 6.12. The Labute approximate surface area is 85.3 Å². The predicted molar refractivity (Wildman–Crippen MR) is 54.6 cm³/mol. The van der Waals surface area contributed by atoms with Crippen molar-refractivity contribution in [2.75, 3.05) is 0 Å². The van der Waals surface area contributed by atoms with Gasteiger partial charge in [0.25, 0.3) is 0 Å². The van der Waals surface area contributed by atoms with E-state index in [1.54, 1.807) is 6.07 Å². The zero-order chi connectivity index (χ0) is 9.47. The summed E-state index contributed by atoms with van der Waals surface area (Å²) in [6, 6.07) is 7.37. The van der Waals surface area contributed by atoms with Gasteiger partial charge in [0, 0.05) is 10.0 Å². The van der Waals surface area contributed by atoms with E-state index in [4.69, 9.17) is 5.73 Å². The minimum absolute atomic E-state index is 0.0637. The van der Waals surface area contributed by atoms with Crippen LogP contribution in [0.2, 0.25) is 0 Å². The molecule has 2 nitrogen and oxygen atoms in total. The summed E-state index contributed by atoms with van der Waals surface area (Å²) < 4.78 is 0.919. The van der Waals surface area contributed by atoms with Crippen LogP contribution in [0.4, 0.5) is 0 Å². The Morgan fingerprint density at radius 2 is 2.15 bits per heavy atom. The number of hydrogen-bond donors (Lipinski definition) is 1. The number of benzene rings is 1. The second kappa shape index (κ2) is 2.93. The topological polar surface area (TPSA) is 43.1 Å². The molecular weight excluding hydrogens is 230 g/mol. The van der Waals surface area contributed by atoms with Crippen molar-refractivity contribution in [2.24, 2.45) is 5.73 Å². The second-order valence-electron chi connectivity index (χ2n) is 3.50. The van der Waals surface area contributed by atoms with E-state index >= 15 is 0 Å². The van der Waals surface area contributed by atoms with Gasteiger partial charge in [-0.1, -0.05) is 28.1 Å². The maximum Gasteiger partial charge on any atom is 0.182 e. The molecule has 0 heterocycles. The number of carbonyl (C=O) groups excluding carboxylic acids is 1. The quantitative estimate of drug-likeness (QED) is 0.804. The molecule has 0 bridgehead atoms. The van der Waals surface area contributed by atoms with E-state index in [-0.39, 0.29) is 5.78 Å². The standard InChI is InChI=1S/C10H10BrNO/c11-8-3-1-2-7(6-8)9(13)10(12)4-5-10/h1-3,6H,4-5,12H2. The summed E-state index contributed by atoms with van der Waals surface area (Å²) in [5.74, 6) is 0.0637. The van der Waals surface area contributed by atoms with Crippen LogP contribution in [0.3, 0.4) is 0 Å².